The molecule has 1 atom stereocenters. The van der Waals surface area contributed by atoms with Gasteiger partial charge in [-0.25, -0.2) is 9.97 Å². The maximum absolute atomic E-state index is 12.2. The monoisotopic (exact) mass is 300 g/mol. The fraction of sp³-hybridized carbons (Fsp3) is 0.500. The molecule has 0 bridgehead atoms. The van der Waals surface area contributed by atoms with Gasteiger partial charge in [0.05, 0.1) is 6.54 Å². The van der Waals surface area contributed by atoms with Crippen molar-refractivity contribution >= 4 is 5.91 Å². The highest BCUT2D eigenvalue weighted by Crippen LogP contribution is 2.24. The number of rotatable bonds is 3. The number of hydrogen-bond donors (Lipinski definition) is 0. The van der Waals surface area contributed by atoms with E-state index in [9.17, 15) is 18.0 Å². The van der Waals surface area contributed by atoms with Crippen LogP contribution in [0.3, 0.4) is 0 Å². The van der Waals surface area contributed by atoms with Crippen molar-refractivity contribution in [1.82, 2.24) is 14.9 Å². The minimum atomic E-state index is -4.52. The molecule has 0 aliphatic carbocycles. The summed E-state index contributed by atoms with van der Waals surface area (Å²) < 4.78 is 41.9. The van der Waals surface area contributed by atoms with E-state index in [0.717, 1.165) is 4.90 Å². The van der Waals surface area contributed by atoms with Crippen molar-refractivity contribution in [2.45, 2.75) is 25.1 Å². The lowest BCUT2D eigenvalue weighted by atomic mass is 10.3. The van der Waals surface area contributed by atoms with Crippen LogP contribution in [0, 0.1) is 11.3 Å². The first-order chi connectivity index (χ1) is 9.89. The molecule has 0 spiro atoms. The zero-order valence-corrected chi connectivity index (χ0v) is 10.8. The zero-order chi connectivity index (χ0) is 15.5. The van der Waals surface area contributed by atoms with Crippen LogP contribution in [-0.4, -0.2) is 46.1 Å². The van der Waals surface area contributed by atoms with E-state index in [1.54, 1.807) is 6.07 Å². The average Bonchev–Trinajstić information content (AvgIpc) is 2.86. The van der Waals surface area contributed by atoms with Crippen molar-refractivity contribution in [3.05, 3.63) is 18.1 Å². The molecule has 2 rings (SSSR count). The van der Waals surface area contributed by atoms with Gasteiger partial charge in [0.2, 0.25) is 11.6 Å². The number of aromatic nitrogens is 2. The number of hydrogen-bond acceptors (Lipinski definition) is 5. The SMILES string of the molecule is N#Cc1nccnc1OC1CCN(C(=O)CC(F)(F)F)C1. The number of nitriles is 1. The van der Waals surface area contributed by atoms with E-state index in [0.29, 0.717) is 6.42 Å². The zero-order valence-electron chi connectivity index (χ0n) is 10.8. The average molecular weight is 300 g/mol. The van der Waals surface area contributed by atoms with Gasteiger partial charge >= 0.3 is 6.18 Å². The molecule has 1 aliphatic rings. The highest BCUT2D eigenvalue weighted by Gasteiger charge is 2.36. The van der Waals surface area contributed by atoms with E-state index in [1.807, 2.05) is 0 Å². The molecule has 0 aromatic carbocycles. The summed E-state index contributed by atoms with van der Waals surface area (Å²) >= 11 is 0. The largest absolute Gasteiger partial charge is 0.470 e. The van der Waals surface area contributed by atoms with Crippen LogP contribution in [0.1, 0.15) is 18.5 Å². The second kappa shape index (κ2) is 5.95. The number of halogens is 3. The molecule has 0 radical (unpaired) electrons. The number of carbonyl (C=O) groups is 1. The molecule has 9 heteroatoms. The van der Waals surface area contributed by atoms with Crippen molar-refractivity contribution in [1.29, 1.82) is 5.26 Å². The predicted octanol–water partition coefficient (Wildman–Crippen LogP) is 1.28. The molecule has 1 aliphatic heterocycles. The molecule has 1 fully saturated rings. The van der Waals surface area contributed by atoms with E-state index in [-0.39, 0.29) is 24.7 Å². The molecule has 1 amide bonds. The Labute approximate surface area is 118 Å². The van der Waals surface area contributed by atoms with Gasteiger partial charge in [-0.05, 0) is 0 Å². The minimum absolute atomic E-state index is 0.00225. The lowest BCUT2D eigenvalue weighted by Gasteiger charge is -2.17. The summed E-state index contributed by atoms with van der Waals surface area (Å²) in [6.45, 7) is 0.220. The maximum Gasteiger partial charge on any atom is 0.397 e. The standard InChI is InChI=1S/C12H11F3N4O2/c13-12(14,15)5-10(20)19-4-1-8(7-19)21-11-9(6-16)17-2-3-18-11/h2-3,8H,1,4-5,7H2. The Morgan fingerprint density at radius 3 is 2.86 bits per heavy atom. The van der Waals surface area contributed by atoms with Crippen LogP contribution in [0.2, 0.25) is 0 Å². The van der Waals surface area contributed by atoms with Crippen molar-refractivity contribution in [3.63, 3.8) is 0 Å². The smallest absolute Gasteiger partial charge is 0.397 e. The summed E-state index contributed by atoms with van der Waals surface area (Å²) in [5.41, 5.74) is -0.00225. The molecule has 1 aromatic heterocycles. The van der Waals surface area contributed by atoms with Crippen LogP contribution < -0.4 is 4.74 Å². The number of amides is 1. The minimum Gasteiger partial charge on any atom is -0.470 e. The van der Waals surface area contributed by atoms with Crippen molar-refractivity contribution in [2.75, 3.05) is 13.1 Å². The van der Waals surface area contributed by atoms with Crippen LogP contribution in [0.15, 0.2) is 12.4 Å². The molecule has 21 heavy (non-hydrogen) atoms. The maximum atomic E-state index is 12.2. The Hall–Kier alpha value is -2.37. The van der Waals surface area contributed by atoms with E-state index >= 15 is 0 Å². The Balaban J connectivity index is 1.94. The van der Waals surface area contributed by atoms with E-state index in [2.05, 4.69) is 9.97 Å². The summed E-state index contributed by atoms with van der Waals surface area (Å²) in [7, 11) is 0. The summed E-state index contributed by atoms with van der Waals surface area (Å²) in [6.07, 6.45) is -3.43. The molecule has 112 valence electrons. The van der Waals surface area contributed by atoms with Crippen molar-refractivity contribution < 1.29 is 22.7 Å². The third-order valence-electron chi connectivity index (χ3n) is 2.90. The number of nitrogens with zero attached hydrogens (tertiary/aromatic N) is 4. The quantitative estimate of drug-likeness (QED) is 0.840. The normalized spacial score (nSPS) is 18.4. The summed E-state index contributed by atoms with van der Waals surface area (Å²) in [4.78, 5) is 20.2. The van der Waals surface area contributed by atoms with Crippen LogP contribution in [0.25, 0.3) is 0 Å². The van der Waals surface area contributed by atoms with Gasteiger partial charge in [-0.3, -0.25) is 4.79 Å². The topological polar surface area (TPSA) is 79.1 Å². The van der Waals surface area contributed by atoms with Crippen LogP contribution >= 0.6 is 0 Å². The Morgan fingerprint density at radius 1 is 1.48 bits per heavy atom. The van der Waals surface area contributed by atoms with Gasteiger partial charge in [-0.15, -0.1) is 0 Å². The first-order valence-electron chi connectivity index (χ1n) is 6.11. The first kappa shape index (κ1) is 15.0. The van der Waals surface area contributed by atoms with Gasteiger partial charge in [0.15, 0.2) is 0 Å². The van der Waals surface area contributed by atoms with Crippen molar-refractivity contribution in [3.8, 4) is 11.9 Å². The van der Waals surface area contributed by atoms with Gasteiger partial charge in [0, 0.05) is 25.4 Å². The second-order valence-electron chi connectivity index (χ2n) is 4.48. The summed E-state index contributed by atoms with van der Waals surface area (Å²) in [5, 5.41) is 8.84. The number of ether oxygens (including phenoxy) is 1. The molecule has 1 saturated heterocycles. The number of alkyl halides is 3. The predicted molar refractivity (Wildman–Crippen MR) is 63.0 cm³/mol. The Morgan fingerprint density at radius 2 is 2.19 bits per heavy atom. The lowest BCUT2D eigenvalue weighted by Crippen LogP contribution is -2.34. The highest BCUT2D eigenvalue weighted by molar-refractivity contribution is 5.77. The highest BCUT2D eigenvalue weighted by atomic mass is 19.4. The fourth-order valence-corrected chi connectivity index (χ4v) is 1.98. The molecule has 0 saturated carbocycles. The van der Waals surface area contributed by atoms with Gasteiger partial charge in [-0.2, -0.15) is 18.4 Å². The third-order valence-corrected chi connectivity index (χ3v) is 2.90. The Bertz CT molecular complexity index is 570. The number of carbonyl (C=O) groups excluding carboxylic acids is 1. The van der Waals surface area contributed by atoms with E-state index in [4.69, 9.17) is 10.00 Å². The third kappa shape index (κ3) is 4.05. The number of likely N-dealkylation sites (tertiary alicyclic amines) is 1. The molecular formula is C12H11F3N4O2. The van der Waals surface area contributed by atoms with E-state index < -0.39 is 24.6 Å². The van der Waals surface area contributed by atoms with Gasteiger partial charge in [-0.1, -0.05) is 0 Å². The summed E-state index contributed by atoms with van der Waals surface area (Å²) in [6, 6.07) is 1.81. The fourth-order valence-electron chi connectivity index (χ4n) is 1.98. The molecule has 1 unspecified atom stereocenters. The van der Waals surface area contributed by atoms with Crippen LogP contribution in [0.4, 0.5) is 13.2 Å². The molecule has 0 N–H and O–H groups in total. The van der Waals surface area contributed by atoms with Gasteiger partial charge in [0.25, 0.3) is 5.88 Å². The molecule has 2 heterocycles. The summed E-state index contributed by atoms with van der Waals surface area (Å²) in [5.74, 6) is -0.955. The van der Waals surface area contributed by atoms with Gasteiger partial charge < -0.3 is 9.64 Å². The van der Waals surface area contributed by atoms with Crippen molar-refractivity contribution in [2.24, 2.45) is 0 Å². The van der Waals surface area contributed by atoms with Crippen LogP contribution in [-0.2, 0) is 4.79 Å². The Kier molecular flexibility index (Phi) is 4.26. The van der Waals surface area contributed by atoms with E-state index in [1.165, 1.54) is 12.4 Å². The second-order valence-corrected chi connectivity index (χ2v) is 4.48. The molecule has 1 aromatic rings. The first-order valence-corrected chi connectivity index (χ1v) is 6.11. The van der Waals surface area contributed by atoms with Gasteiger partial charge in [0.1, 0.15) is 18.6 Å². The molecule has 6 nitrogen and oxygen atoms in total. The lowest BCUT2D eigenvalue weighted by molar-refractivity contribution is -0.160. The van der Waals surface area contributed by atoms with Crippen LogP contribution in [0.5, 0.6) is 5.88 Å². The molecular weight excluding hydrogens is 289 g/mol.